The Morgan fingerprint density at radius 3 is 2.02 bits per heavy atom. The van der Waals surface area contributed by atoms with Crippen molar-refractivity contribution in [2.75, 3.05) is 6.61 Å². The molecular weight excluding hydrogens is 606 g/mol. The topological polar surface area (TPSA) is 38.7 Å². The quantitative estimate of drug-likeness (QED) is 0.211. The highest BCUT2D eigenvalue weighted by molar-refractivity contribution is 5.68. The molecule has 0 amide bonds. The van der Waals surface area contributed by atoms with Gasteiger partial charge in [0.25, 0.3) is 0 Å². The van der Waals surface area contributed by atoms with E-state index in [0.29, 0.717) is 24.7 Å². The van der Waals surface area contributed by atoms with Crippen LogP contribution in [0, 0.1) is 46.7 Å². The minimum Gasteiger partial charge on any atom is -0.491 e. The van der Waals surface area contributed by atoms with Gasteiger partial charge < -0.3 is 14.6 Å². The lowest BCUT2D eigenvalue weighted by atomic mass is 9.73. The Labute approximate surface area is 266 Å². The predicted molar refractivity (Wildman–Crippen MR) is 165 cm³/mol. The third-order valence-electron chi connectivity index (χ3n) is 9.49. The molecule has 0 spiro atoms. The smallest absolute Gasteiger partial charge is 0.201 e. The third kappa shape index (κ3) is 7.15. The molecular formula is C37H40F6O3. The number of benzene rings is 3. The van der Waals surface area contributed by atoms with E-state index in [1.165, 1.54) is 24.3 Å². The highest BCUT2D eigenvalue weighted by Gasteiger charge is 2.30. The number of ether oxygens (including phenoxy) is 2. The zero-order valence-corrected chi connectivity index (χ0v) is 26.2. The monoisotopic (exact) mass is 646 g/mol. The summed E-state index contributed by atoms with van der Waals surface area (Å²) in [7, 11) is 0. The van der Waals surface area contributed by atoms with Crippen LogP contribution in [0.4, 0.5) is 26.3 Å². The molecule has 3 aromatic rings. The number of halogens is 6. The van der Waals surface area contributed by atoms with Crippen molar-refractivity contribution in [3.8, 4) is 16.9 Å². The van der Waals surface area contributed by atoms with Gasteiger partial charge in [-0.3, -0.25) is 0 Å². The van der Waals surface area contributed by atoms with Crippen molar-refractivity contribution >= 4 is 5.57 Å². The summed E-state index contributed by atoms with van der Waals surface area (Å²) >= 11 is 0. The van der Waals surface area contributed by atoms with E-state index in [-0.39, 0.29) is 48.2 Å². The molecule has 0 aliphatic heterocycles. The molecule has 2 aliphatic carbocycles. The van der Waals surface area contributed by atoms with Crippen LogP contribution in [-0.4, -0.2) is 17.8 Å². The van der Waals surface area contributed by atoms with Crippen LogP contribution in [0.5, 0.6) is 5.75 Å². The van der Waals surface area contributed by atoms with Gasteiger partial charge in [0.1, 0.15) is 0 Å². The second-order valence-corrected chi connectivity index (χ2v) is 12.3. The third-order valence-corrected chi connectivity index (χ3v) is 9.49. The van der Waals surface area contributed by atoms with Gasteiger partial charge >= 0.3 is 0 Å². The van der Waals surface area contributed by atoms with Crippen molar-refractivity contribution in [1.82, 2.24) is 0 Å². The summed E-state index contributed by atoms with van der Waals surface area (Å²) in [6.07, 6.45) is 7.17. The number of aliphatic hydroxyl groups is 1. The summed E-state index contributed by atoms with van der Waals surface area (Å²) in [5, 5.41) is 10.1. The molecule has 1 fully saturated rings. The molecule has 2 unspecified atom stereocenters. The molecule has 1 saturated carbocycles. The van der Waals surface area contributed by atoms with Crippen molar-refractivity contribution in [2.45, 2.75) is 90.4 Å². The average molecular weight is 647 g/mol. The van der Waals surface area contributed by atoms with Crippen LogP contribution in [0.2, 0.25) is 0 Å². The number of aliphatic hydroxyl groups excluding tert-OH is 1. The maximum atomic E-state index is 15.1. The lowest BCUT2D eigenvalue weighted by Crippen LogP contribution is -2.27. The molecule has 9 heteroatoms. The summed E-state index contributed by atoms with van der Waals surface area (Å²) < 4.78 is 99.8. The summed E-state index contributed by atoms with van der Waals surface area (Å²) in [4.78, 5) is 0. The van der Waals surface area contributed by atoms with Crippen LogP contribution < -0.4 is 4.74 Å². The normalized spacial score (nSPS) is 20.8. The van der Waals surface area contributed by atoms with Gasteiger partial charge in [-0.05, 0) is 87.8 Å². The zero-order chi connectivity index (χ0) is 33.0. The Morgan fingerprint density at radius 2 is 1.37 bits per heavy atom. The number of rotatable bonds is 11. The number of hydrogen-bond donors (Lipinski definition) is 1. The van der Waals surface area contributed by atoms with Gasteiger partial charge in [-0.2, -0.15) is 4.39 Å². The zero-order valence-electron chi connectivity index (χ0n) is 26.2. The highest BCUT2D eigenvalue weighted by atomic mass is 19.2. The maximum absolute atomic E-state index is 15.1. The van der Waals surface area contributed by atoms with Gasteiger partial charge in [-0.1, -0.05) is 43.7 Å². The van der Waals surface area contributed by atoms with Crippen molar-refractivity contribution in [3.63, 3.8) is 0 Å². The van der Waals surface area contributed by atoms with E-state index in [1.54, 1.807) is 19.9 Å². The Bertz CT molecular complexity index is 1560. The van der Waals surface area contributed by atoms with Crippen molar-refractivity contribution in [1.29, 1.82) is 0 Å². The highest BCUT2D eigenvalue weighted by Crippen LogP contribution is 2.42. The van der Waals surface area contributed by atoms with Crippen LogP contribution in [0.25, 0.3) is 16.7 Å². The number of hydrogen-bond acceptors (Lipinski definition) is 3. The summed E-state index contributed by atoms with van der Waals surface area (Å²) in [5.74, 6) is -6.12. The van der Waals surface area contributed by atoms with E-state index in [0.717, 1.165) is 50.2 Å². The van der Waals surface area contributed by atoms with E-state index in [4.69, 9.17) is 9.47 Å². The Balaban J connectivity index is 1.15. The molecule has 0 aromatic heterocycles. The van der Waals surface area contributed by atoms with Crippen molar-refractivity contribution < 1.29 is 40.9 Å². The largest absolute Gasteiger partial charge is 0.491 e. The summed E-state index contributed by atoms with van der Waals surface area (Å²) in [5.41, 5.74) is 0.0317. The molecule has 1 N–H and O–H groups in total. The van der Waals surface area contributed by atoms with Gasteiger partial charge in [0, 0.05) is 27.8 Å². The fourth-order valence-electron chi connectivity index (χ4n) is 6.88. The molecule has 0 heterocycles. The first-order valence-electron chi connectivity index (χ1n) is 16.2. The molecule has 5 rings (SSSR count). The molecule has 46 heavy (non-hydrogen) atoms. The van der Waals surface area contributed by atoms with Crippen LogP contribution in [-0.2, 0) is 11.3 Å². The van der Waals surface area contributed by atoms with Crippen molar-refractivity contribution in [2.24, 2.45) is 11.8 Å². The second-order valence-electron chi connectivity index (χ2n) is 12.3. The Morgan fingerprint density at radius 1 is 0.717 bits per heavy atom. The first kappa shape index (κ1) is 34.0. The molecule has 3 nitrogen and oxygen atoms in total. The average Bonchev–Trinajstić information content (AvgIpc) is 3.06. The van der Waals surface area contributed by atoms with Gasteiger partial charge in [0.2, 0.25) is 5.82 Å². The van der Waals surface area contributed by atoms with Crippen LogP contribution in [0.3, 0.4) is 0 Å². The van der Waals surface area contributed by atoms with E-state index in [2.05, 4.69) is 0 Å². The molecule has 248 valence electrons. The van der Waals surface area contributed by atoms with Gasteiger partial charge in [0.05, 0.1) is 25.4 Å². The first-order chi connectivity index (χ1) is 22.1. The molecule has 2 atom stereocenters. The first-order valence-corrected chi connectivity index (χ1v) is 16.2. The molecule has 0 bridgehead atoms. The minimum atomic E-state index is -1.34. The molecule has 3 aromatic carbocycles. The van der Waals surface area contributed by atoms with E-state index < -0.39 is 52.1 Å². The fraction of sp³-hybridized carbons (Fsp3) is 0.459. The van der Waals surface area contributed by atoms with Crippen LogP contribution in [0.15, 0.2) is 42.5 Å². The Hall–Kier alpha value is -3.30. The van der Waals surface area contributed by atoms with Gasteiger partial charge in [-0.25, -0.2) is 22.0 Å². The van der Waals surface area contributed by atoms with Gasteiger partial charge in [-0.15, -0.1) is 0 Å². The fourth-order valence-corrected chi connectivity index (χ4v) is 6.88. The van der Waals surface area contributed by atoms with Crippen molar-refractivity contribution in [3.05, 3.63) is 94.1 Å². The second kappa shape index (κ2) is 15.1. The SMILES string of the molecule is CCCC(O)c1ccc(-c2ccc(COC3CCC(C4CC=C(c5ccc(OCC)c(F)c5F)CC4)CC3)c(F)c2F)c(F)c1F. The Kier molecular flexibility index (Phi) is 11.2. The lowest BCUT2D eigenvalue weighted by Gasteiger charge is -2.35. The van der Waals surface area contributed by atoms with E-state index in [1.807, 2.05) is 6.08 Å². The van der Waals surface area contributed by atoms with Gasteiger partial charge in [0.15, 0.2) is 34.8 Å². The maximum Gasteiger partial charge on any atom is 0.201 e. The van der Waals surface area contributed by atoms with E-state index >= 15 is 8.78 Å². The standard InChI is InChI=1S/C37H40F6O3/c1-3-5-30(44)29-17-16-28(35(41)36(29)42)27-15-12-24(32(38)34(27)40)20-46-25-13-10-22(11-14-25)21-6-8-23(9-7-21)26-18-19-31(45-4-2)37(43)33(26)39/h8,12,15-19,21-22,25,30,44H,3-7,9-11,13-14,20H2,1-2H3. The number of allylic oxidation sites excluding steroid dienone is 2. The lowest BCUT2D eigenvalue weighted by molar-refractivity contribution is -0.000996. The minimum absolute atomic E-state index is 0.0119. The molecule has 0 radical (unpaired) electrons. The summed E-state index contributed by atoms with van der Waals surface area (Å²) in [6, 6.07) is 7.94. The van der Waals surface area contributed by atoms with E-state index in [9.17, 15) is 22.7 Å². The molecule has 2 aliphatic rings. The summed E-state index contributed by atoms with van der Waals surface area (Å²) in [6.45, 7) is 3.61. The van der Waals surface area contributed by atoms with Crippen LogP contribution >= 0.6 is 0 Å². The molecule has 0 saturated heterocycles. The van der Waals surface area contributed by atoms with Crippen LogP contribution in [0.1, 0.15) is 94.4 Å². The predicted octanol–water partition coefficient (Wildman–Crippen LogP) is 10.4.